The van der Waals surface area contributed by atoms with Gasteiger partial charge in [-0.2, -0.15) is 0 Å². The second-order valence-electron chi connectivity index (χ2n) is 15.4. The molecule has 188 valence electrons. The highest BCUT2D eigenvalue weighted by Crippen LogP contribution is 2.78. The Balaban J connectivity index is 1.61. The molecule has 0 bridgehead atoms. The molecule has 0 aromatic rings. The first-order chi connectivity index (χ1) is 15.2. The van der Waals surface area contributed by atoms with Gasteiger partial charge in [-0.15, -0.1) is 0 Å². The zero-order chi connectivity index (χ0) is 24.2. The van der Waals surface area contributed by atoms with E-state index >= 15 is 0 Å². The van der Waals surface area contributed by atoms with Gasteiger partial charge >= 0.3 is 5.97 Å². The minimum atomic E-state index is -0.599. The van der Waals surface area contributed by atoms with Crippen molar-refractivity contribution in [3.63, 3.8) is 0 Å². The molecule has 0 aliphatic heterocycles. The van der Waals surface area contributed by atoms with Crippen LogP contribution in [-0.2, 0) is 4.79 Å². The highest BCUT2D eigenvalue weighted by atomic mass is 16.4. The molecule has 10 unspecified atom stereocenters. The van der Waals surface area contributed by atoms with Crippen molar-refractivity contribution in [3.8, 4) is 0 Å². The average Bonchev–Trinajstić information content (AvgIpc) is 2.73. The van der Waals surface area contributed by atoms with Gasteiger partial charge in [0.25, 0.3) is 0 Å². The maximum absolute atomic E-state index is 13.6. The van der Waals surface area contributed by atoms with Crippen LogP contribution >= 0.6 is 0 Å². The largest absolute Gasteiger partial charge is 0.481 e. The van der Waals surface area contributed by atoms with Crippen molar-refractivity contribution in [2.24, 2.45) is 56.2 Å². The number of aliphatic hydroxyl groups is 1. The van der Waals surface area contributed by atoms with Gasteiger partial charge in [0.1, 0.15) is 0 Å². The molecule has 0 radical (unpaired) electrons. The third-order valence-electron chi connectivity index (χ3n) is 13.7. The first-order valence-electron chi connectivity index (χ1n) is 14.1. The number of carboxylic acid groups (broad SMARTS) is 1. The lowest BCUT2D eigenvalue weighted by Gasteiger charge is -2.74. The van der Waals surface area contributed by atoms with Crippen LogP contribution in [-0.4, -0.2) is 22.3 Å². The molecule has 10 atom stereocenters. The van der Waals surface area contributed by atoms with Gasteiger partial charge in [-0.25, -0.2) is 0 Å². The van der Waals surface area contributed by atoms with E-state index in [-0.39, 0.29) is 28.3 Å². The fourth-order valence-electron chi connectivity index (χ4n) is 11.4. The molecule has 2 N–H and O–H groups in total. The number of rotatable bonds is 1. The molecule has 5 fully saturated rings. The zero-order valence-corrected chi connectivity index (χ0v) is 22.5. The molecule has 5 aliphatic carbocycles. The van der Waals surface area contributed by atoms with E-state index in [1.165, 1.54) is 25.7 Å². The van der Waals surface area contributed by atoms with E-state index < -0.39 is 11.4 Å². The predicted molar refractivity (Wildman–Crippen MR) is 133 cm³/mol. The molecular formula is C30H50O3. The lowest BCUT2D eigenvalue weighted by Crippen LogP contribution is -2.70. The van der Waals surface area contributed by atoms with E-state index in [0.29, 0.717) is 28.6 Å². The van der Waals surface area contributed by atoms with E-state index in [1.807, 2.05) is 0 Å². The zero-order valence-electron chi connectivity index (χ0n) is 22.5. The van der Waals surface area contributed by atoms with Crippen molar-refractivity contribution in [1.29, 1.82) is 0 Å². The number of fused-ring (bicyclic) bond motifs is 7. The first kappa shape index (κ1) is 24.1. The first-order valence-corrected chi connectivity index (χ1v) is 14.1. The van der Waals surface area contributed by atoms with Gasteiger partial charge in [0.15, 0.2) is 0 Å². The smallest absolute Gasteiger partial charge is 0.310 e. The van der Waals surface area contributed by atoms with Crippen LogP contribution in [0.5, 0.6) is 0 Å². The molecule has 5 rings (SSSR count). The number of hydrogen-bond acceptors (Lipinski definition) is 2. The Morgan fingerprint density at radius 2 is 1.39 bits per heavy atom. The van der Waals surface area contributed by atoms with Gasteiger partial charge in [-0.3, -0.25) is 4.79 Å². The predicted octanol–water partition coefficient (Wildman–Crippen LogP) is 7.31. The van der Waals surface area contributed by atoms with Crippen LogP contribution in [0.15, 0.2) is 0 Å². The summed E-state index contributed by atoms with van der Waals surface area (Å²) in [6.45, 7) is 16.9. The monoisotopic (exact) mass is 458 g/mol. The quantitative estimate of drug-likeness (QED) is 0.433. The van der Waals surface area contributed by atoms with Crippen molar-refractivity contribution in [2.75, 3.05) is 0 Å². The molecule has 0 amide bonds. The summed E-state index contributed by atoms with van der Waals surface area (Å²) in [5, 5.41) is 21.9. The summed E-state index contributed by atoms with van der Waals surface area (Å²) in [5.74, 6) is 1.11. The number of carbonyl (C=O) groups is 1. The third-order valence-corrected chi connectivity index (χ3v) is 13.7. The fourth-order valence-corrected chi connectivity index (χ4v) is 11.4. The van der Waals surface area contributed by atoms with E-state index in [0.717, 1.165) is 44.9 Å². The Morgan fingerprint density at radius 3 is 2.06 bits per heavy atom. The summed E-state index contributed by atoms with van der Waals surface area (Å²) in [7, 11) is 0. The Labute approximate surface area is 202 Å². The molecule has 0 aromatic heterocycles. The highest BCUT2D eigenvalue weighted by molar-refractivity contribution is 5.77. The molecule has 3 nitrogen and oxygen atoms in total. The molecule has 3 heteroatoms. The van der Waals surface area contributed by atoms with Crippen LogP contribution in [0.1, 0.15) is 119 Å². The third kappa shape index (κ3) is 2.87. The van der Waals surface area contributed by atoms with E-state index in [1.54, 1.807) is 0 Å². The van der Waals surface area contributed by atoms with Crippen LogP contribution in [0.25, 0.3) is 0 Å². The van der Waals surface area contributed by atoms with Gasteiger partial charge in [-0.05, 0) is 121 Å². The van der Waals surface area contributed by atoms with Crippen LogP contribution < -0.4 is 0 Å². The second kappa shape index (κ2) is 7.01. The molecule has 33 heavy (non-hydrogen) atoms. The normalized spacial score (nSPS) is 57.8. The van der Waals surface area contributed by atoms with Crippen molar-refractivity contribution >= 4 is 5.97 Å². The standard InChI is InChI=1S/C30H50O3/c1-19-20(31)8-9-21-27(19,5)11-10-22-28(21,6)15-16-29(7)23-18-25(2,3)12-13-26(23,4)14-17-30(22,29)24(32)33/h19-23,31H,8-18H2,1-7H3,(H,32,33). The molecule has 5 saturated carbocycles. The summed E-state index contributed by atoms with van der Waals surface area (Å²) >= 11 is 0. The highest BCUT2D eigenvalue weighted by Gasteiger charge is 2.74. The van der Waals surface area contributed by atoms with Gasteiger partial charge in [-0.1, -0.05) is 48.5 Å². The van der Waals surface area contributed by atoms with Crippen LogP contribution in [0.4, 0.5) is 0 Å². The topological polar surface area (TPSA) is 57.5 Å². The fraction of sp³-hybridized carbons (Fsp3) is 0.967. The van der Waals surface area contributed by atoms with Crippen molar-refractivity contribution in [1.82, 2.24) is 0 Å². The number of hydrogen-bond donors (Lipinski definition) is 2. The summed E-state index contributed by atoms with van der Waals surface area (Å²) in [5.41, 5.74) is 0.0856. The summed E-state index contributed by atoms with van der Waals surface area (Å²) in [6, 6.07) is 0. The van der Waals surface area contributed by atoms with Crippen LogP contribution in [0.3, 0.4) is 0 Å². The molecule has 5 aliphatic rings. The van der Waals surface area contributed by atoms with Crippen LogP contribution in [0.2, 0.25) is 0 Å². The van der Waals surface area contributed by atoms with Crippen molar-refractivity contribution in [3.05, 3.63) is 0 Å². The van der Waals surface area contributed by atoms with Crippen molar-refractivity contribution in [2.45, 2.75) is 125 Å². The van der Waals surface area contributed by atoms with Crippen LogP contribution in [0, 0.1) is 56.2 Å². The van der Waals surface area contributed by atoms with Gasteiger partial charge in [0.05, 0.1) is 11.5 Å². The SMILES string of the molecule is CC1C(O)CCC2C1(C)CCC1C2(C)CCC2(C)C3CC(C)(C)CCC3(C)CCC12C(=O)O. The second-order valence-corrected chi connectivity index (χ2v) is 15.4. The molecule has 0 aromatic carbocycles. The van der Waals surface area contributed by atoms with Gasteiger partial charge < -0.3 is 10.2 Å². The Morgan fingerprint density at radius 1 is 0.727 bits per heavy atom. The lowest BCUT2D eigenvalue weighted by molar-refractivity contribution is -0.268. The number of aliphatic carboxylic acids is 1. The van der Waals surface area contributed by atoms with Gasteiger partial charge in [0, 0.05) is 0 Å². The Kier molecular flexibility index (Phi) is 5.13. The number of carboxylic acids is 1. The average molecular weight is 459 g/mol. The maximum Gasteiger partial charge on any atom is 0.310 e. The summed E-state index contributed by atoms with van der Waals surface area (Å²) in [6.07, 6.45) is 11.7. The molecule has 0 heterocycles. The van der Waals surface area contributed by atoms with E-state index in [9.17, 15) is 15.0 Å². The molecule has 0 saturated heterocycles. The maximum atomic E-state index is 13.6. The Bertz CT molecular complexity index is 834. The Hall–Kier alpha value is -0.570. The van der Waals surface area contributed by atoms with Crippen molar-refractivity contribution < 1.29 is 15.0 Å². The van der Waals surface area contributed by atoms with E-state index in [4.69, 9.17) is 0 Å². The summed E-state index contributed by atoms with van der Waals surface area (Å²) in [4.78, 5) is 13.6. The lowest BCUT2D eigenvalue weighted by atomic mass is 9.29. The van der Waals surface area contributed by atoms with E-state index in [2.05, 4.69) is 48.5 Å². The summed E-state index contributed by atoms with van der Waals surface area (Å²) < 4.78 is 0. The van der Waals surface area contributed by atoms with Gasteiger partial charge in [0.2, 0.25) is 0 Å². The molecular weight excluding hydrogens is 408 g/mol. The molecule has 0 spiro atoms. The number of aliphatic hydroxyl groups excluding tert-OH is 1. The minimum Gasteiger partial charge on any atom is -0.481 e. The minimum absolute atomic E-state index is 0.0667.